The molecule has 3 aromatic rings. The zero-order chi connectivity index (χ0) is 16.4. The second kappa shape index (κ2) is 6.88. The summed E-state index contributed by atoms with van der Waals surface area (Å²) in [6.45, 7) is 2.41. The van der Waals surface area contributed by atoms with E-state index in [0.717, 1.165) is 10.6 Å². The van der Waals surface area contributed by atoms with E-state index in [1.54, 1.807) is 17.5 Å². The lowest BCUT2D eigenvalue weighted by Gasteiger charge is -2.27. The molecule has 124 valence electrons. The largest absolute Gasteiger partial charge is 0.378 e. The number of morpholine rings is 1. The van der Waals surface area contributed by atoms with Gasteiger partial charge >= 0.3 is 0 Å². The van der Waals surface area contributed by atoms with Crippen LogP contribution in [0.1, 0.15) is 0 Å². The Bertz CT molecular complexity index is 817. The summed E-state index contributed by atoms with van der Waals surface area (Å²) in [6.07, 6.45) is 2.99. The van der Waals surface area contributed by atoms with Crippen LogP contribution in [0.5, 0.6) is 0 Å². The molecule has 0 bridgehead atoms. The van der Waals surface area contributed by atoms with Crippen molar-refractivity contribution in [1.29, 1.82) is 0 Å². The first-order chi connectivity index (χ1) is 11.8. The van der Waals surface area contributed by atoms with E-state index in [1.165, 1.54) is 18.0 Å². The molecule has 1 aliphatic heterocycles. The fourth-order valence-corrected chi connectivity index (χ4v) is 3.76. The summed E-state index contributed by atoms with van der Waals surface area (Å²) in [4.78, 5) is 19.0. The van der Waals surface area contributed by atoms with Gasteiger partial charge in [0, 0.05) is 13.1 Å². The Balaban J connectivity index is 1.54. The van der Waals surface area contributed by atoms with Crippen molar-refractivity contribution in [2.45, 2.75) is 10.3 Å². The number of rotatable bonds is 4. The fraction of sp³-hybridized carbons (Fsp3) is 0.267. The van der Waals surface area contributed by atoms with E-state index >= 15 is 0 Å². The van der Waals surface area contributed by atoms with Crippen molar-refractivity contribution in [2.75, 3.05) is 31.2 Å². The molecule has 0 aromatic carbocycles. The number of halogens is 1. The first-order valence-corrected chi connectivity index (χ1v) is 9.11. The van der Waals surface area contributed by atoms with Crippen molar-refractivity contribution in [1.82, 2.24) is 19.9 Å². The molecule has 1 fully saturated rings. The highest BCUT2D eigenvalue weighted by molar-refractivity contribution is 7.99. The number of nitrogens with one attached hydrogen (secondary N) is 1. The first-order valence-electron chi connectivity index (χ1n) is 7.41. The SMILES string of the molecule is Fc1cnc(Sc2ncc(-c3cccs3)[nH]2)nc1N1CCOCC1. The van der Waals surface area contributed by atoms with Gasteiger partial charge in [-0.1, -0.05) is 6.07 Å². The van der Waals surface area contributed by atoms with Crippen LogP contribution in [-0.4, -0.2) is 46.2 Å². The number of nitrogens with zero attached hydrogens (tertiary/aromatic N) is 4. The van der Waals surface area contributed by atoms with E-state index in [4.69, 9.17) is 4.74 Å². The average molecular weight is 363 g/mol. The van der Waals surface area contributed by atoms with Crippen molar-refractivity contribution in [3.63, 3.8) is 0 Å². The predicted octanol–water partition coefficient (Wildman–Crippen LogP) is 3.06. The van der Waals surface area contributed by atoms with Gasteiger partial charge in [-0.2, -0.15) is 0 Å². The molecule has 6 nitrogen and oxygen atoms in total. The molecule has 0 aliphatic carbocycles. The molecule has 24 heavy (non-hydrogen) atoms. The molecule has 0 spiro atoms. The summed E-state index contributed by atoms with van der Waals surface area (Å²) < 4.78 is 19.3. The van der Waals surface area contributed by atoms with Crippen LogP contribution in [0.15, 0.2) is 40.2 Å². The molecule has 0 unspecified atom stereocenters. The number of aromatic nitrogens is 4. The molecule has 4 rings (SSSR count). The third kappa shape index (κ3) is 3.28. The molecule has 3 aromatic heterocycles. The molecule has 1 aliphatic rings. The maximum Gasteiger partial charge on any atom is 0.197 e. The topological polar surface area (TPSA) is 66.9 Å². The number of hydrogen-bond acceptors (Lipinski definition) is 7. The number of imidazole rings is 1. The molecule has 4 heterocycles. The lowest BCUT2D eigenvalue weighted by molar-refractivity contribution is 0.122. The zero-order valence-electron chi connectivity index (χ0n) is 12.6. The van der Waals surface area contributed by atoms with Crippen LogP contribution in [0, 0.1) is 5.82 Å². The summed E-state index contributed by atoms with van der Waals surface area (Å²) in [6, 6.07) is 4.02. The van der Waals surface area contributed by atoms with Gasteiger partial charge in [-0.05, 0) is 23.2 Å². The molecule has 0 amide bonds. The summed E-state index contributed by atoms with van der Waals surface area (Å²) in [5.74, 6) is -0.0965. The Morgan fingerprint density at radius 2 is 2.12 bits per heavy atom. The van der Waals surface area contributed by atoms with Crippen LogP contribution in [-0.2, 0) is 4.74 Å². The highest BCUT2D eigenvalue weighted by Gasteiger charge is 2.18. The van der Waals surface area contributed by atoms with Crippen LogP contribution in [0.4, 0.5) is 10.2 Å². The van der Waals surface area contributed by atoms with Crippen LogP contribution in [0.25, 0.3) is 10.6 Å². The van der Waals surface area contributed by atoms with Crippen molar-refractivity contribution >= 4 is 28.9 Å². The van der Waals surface area contributed by atoms with Gasteiger partial charge in [-0.3, -0.25) is 0 Å². The highest BCUT2D eigenvalue weighted by atomic mass is 32.2. The molecule has 0 atom stereocenters. The summed E-state index contributed by atoms with van der Waals surface area (Å²) in [5.41, 5.74) is 0.947. The minimum Gasteiger partial charge on any atom is -0.378 e. The molecule has 9 heteroatoms. The van der Waals surface area contributed by atoms with Gasteiger partial charge in [0.15, 0.2) is 21.9 Å². The number of H-pyrrole nitrogens is 1. The van der Waals surface area contributed by atoms with Crippen LogP contribution in [0.2, 0.25) is 0 Å². The van der Waals surface area contributed by atoms with Gasteiger partial charge in [0.2, 0.25) is 0 Å². The van der Waals surface area contributed by atoms with E-state index in [0.29, 0.717) is 42.4 Å². The Morgan fingerprint density at radius 3 is 2.92 bits per heavy atom. The van der Waals surface area contributed by atoms with E-state index in [2.05, 4.69) is 19.9 Å². The lowest BCUT2D eigenvalue weighted by Crippen LogP contribution is -2.37. The summed E-state index contributed by atoms with van der Waals surface area (Å²) >= 11 is 2.92. The van der Waals surface area contributed by atoms with E-state index in [1.807, 2.05) is 22.4 Å². The summed E-state index contributed by atoms with van der Waals surface area (Å²) in [5, 5.41) is 3.16. The molecule has 1 saturated heterocycles. The minimum absolute atomic E-state index is 0.320. The smallest absolute Gasteiger partial charge is 0.197 e. The maximum absolute atomic E-state index is 14.0. The van der Waals surface area contributed by atoms with E-state index < -0.39 is 5.82 Å². The third-order valence-electron chi connectivity index (χ3n) is 3.54. The van der Waals surface area contributed by atoms with Gasteiger partial charge in [-0.15, -0.1) is 11.3 Å². The number of thiophene rings is 1. The van der Waals surface area contributed by atoms with Gasteiger partial charge < -0.3 is 14.6 Å². The van der Waals surface area contributed by atoms with Gasteiger partial charge in [0.1, 0.15) is 0 Å². The second-order valence-electron chi connectivity index (χ2n) is 5.10. The Labute approximate surface area is 146 Å². The number of ether oxygens (including phenoxy) is 1. The normalized spacial score (nSPS) is 15.0. The molecule has 0 radical (unpaired) electrons. The average Bonchev–Trinajstić information content (AvgIpc) is 3.29. The zero-order valence-corrected chi connectivity index (χ0v) is 14.2. The lowest BCUT2D eigenvalue weighted by atomic mass is 10.4. The van der Waals surface area contributed by atoms with Gasteiger partial charge in [0.05, 0.1) is 36.2 Å². The molecular weight excluding hydrogens is 349 g/mol. The third-order valence-corrected chi connectivity index (χ3v) is 5.22. The first kappa shape index (κ1) is 15.6. The van der Waals surface area contributed by atoms with Crippen molar-refractivity contribution < 1.29 is 9.13 Å². The van der Waals surface area contributed by atoms with Gasteiger partial charge in [0.25, 0.3) is 0 Å². The van der Waals surface area contributed by atoms with E-state index in [9.17, 15) is 4.39 Å². The Kier molecular flexibility index (Phi) is 4.46. The quantitative estimate of drug-likeness (QED) is 0.719. The standard InChI is InChI=1S/C15H14FN5OS2/c16-10-8-17-15(20-13(10)21-3-5-22-6-4-21)24-14-18-9-11(19-14)12-2-1-7-23-12/h1-2,7-9H,3-6H2,(H,18,19). The van der Waals surface area contributed by atoms with Gasteiger partial charge in [-0.25, -0.2) is 19.3 Å². The number of hydrogen-bond donors (Lipinski definition) is 1. The van der Waals surface area contributed by atoms with Crippen molar-refractivity contribution in [2.24, 2.45) is 0 Å². The van der Waals surface area contributed by atoms with Crippen molar-refractivity contribution in [3.8, 4) is 10.6 Å². The number of aromatic amines is 1. The monoisotopic (exact) mass is 363 g/mol. The van der Waals surface area contributed by atoms with Crippen LogP contribution in [0.3, 0.4) is 0 Å². The second-order valence-corrected chi connectivity index (χ2v) is 7.01. The highest BCUT2D eigenvalue weighted by Crippen LogP contribution is 2.29. The minimum atomic E-state index is -0.417. The summed E-state index contributed by atoms with van der Waals surface area (Å²) in [7, 11) is 0. The Morgan fingerprint density at radius 1 is 1.25 bits per heavy atom. The van der Waals surface area contributed by atoms with E-state index in [-0.39, 0.29) is 0 Å². The molecular formula is C15H14FN5OS2. The fourth-order valence-electron chi connectivity index (χ4n) is 2.39. The van der Waals surface area contributed by atoms with Crippen LogP contribution < -0.4 is 4.90 Å². The molecule has 1 N–H and O–H groups in total. The Hall–Kier alpha value is -1.97. The molecule has 0 saturated carbocycles. The van der Waals surface area contributed by atoms with Crippen LogP contribution >= 0.6 is 23.1 Å². The van der Waals surface area contributed by atoms with Crippen molar-refractivity contribution in [3.05, 3.63) is 35.7 Å². The number of anilines is 1. The predicted molar refractivity (Wildman–Crippen MR) is 91.0 cm³/mol. The maximum atomic E-state index is 14.0.